The van der Waals surface area contributed by atoms with Gasteiger partial charge in [-0.3, -0.25) is 10.1 Å². The number of rotatable bonds is 4. The number of aromatic nitrogens is 1. The molecular weight excluding hydrogens is 214 g/mol. The summed E-state index contributed by atoms with van der Waals surface area (Å²) < 4.78 is 0. The van der Waals surface area contributed by atoms with Crippen LogP contribution in [0.25, 0.3) is 0 Å². The Morgan fingerprint density at radius 1 is 1.67 bits per heavy atom. The van der Waals surface area contributed by atoms with E-state index in [0.717, 1.165) is 0 Å². The number of carbonyl (C=O) groups excluding carboxylic acids is 1. The molecule has 1 amide bonds. The smallest absolute Gasteiger partial charge is 0.238 e. The molecule has 15 heavy (non-hydrogen) atoms. The summed E-state index contributed by atoms with van der Waals surface area (Å²) in [6.45, 7) is 0.536. The zero-order valence-electron chi connectivity index (χ0n) is 7.96. The van der Waals surface area contributed by atoms with Crippen molar-refractivity contribution < 1.29 is 4.79 Å². The number of hydrogen-bond acceptors (Lipinski definition) is 3. The molecule has 0 spiro atoms. The maximum Gasteiger partial charge on any atom is 0.238 e. The third kappa shape index (κ3) is 4.45. The molecule has 1 aromatic rings. The maximum atomic E-state index is 11.3. The van der Waals surface area contributed by atoms with Crippen LogP contribution < -0.4 is 10.6 Å². The SMILES string of the molecule is C#CCNCC(=O)Nc1ccnc(Cl)c1. The van der Waals surface area contributed by atoms with E-state index in [1.165, 1.54) is 6.20 Å². The Bertz CT molecular complexity index is 386. The minimum absolute atomic E-state index is 0.171. The van der Waals surface area contributed by atoms with Crippen LogP contribution >= 0.6 is 11.6 Å². The fourth-order valence-electron chi connectivity index (χ4n) is 0.934. The molecule has 0 saturated carbocycles. The summed E-state index contributed by atoms with van der Waals surface area (Å²) in [7, 11) is 0. The quantitative estimate of drug-likeness (QED) is 0.453. The van der Waals surface area contributed by atoms with E-state index in [1.807, 2.05) is 0 Å². The highest BCUT2D eigenvalue weighted by Crippen LogP contribution is 2.11. The molecule has 4 nitrogen and oxygen atoms in total. The van der Waals surface area contributed by atoms with Gasteiger partial charge < -0.3 is 5.32 Å². The Morgan fingerprint density at radius 3 is 3.13 bits per heavy atom. The molecule has 0 saturated heterocycles. The lowest BCUT2D eigenvalue weighted by Crippen LogP contribution is -2.28. The summed E-state index contributed by atoms with van der Waals surface area (Å²) in [4.78, 5) is 15.1. The minimum atomic E-state index is -0.174. The number of halogens is 1. The van der Waals surface area contributed by atoms with Gasteiger partial charge in [0.15, 0.2) is 0 Å². The molecule has 1 aromatic heterocycles. The van der Waals surface area contributed by atoms with Crippen molar-refractivity contribution >= 4 is 23.2 Å². The van der Waals surface area contributed by atoms with Crippen LogP contribution in [-0.2, 0) is 4.79 Å². The van der Waals surface area contributed by atoms with Gasteiger partial charge in [-0.05, 0) is 12.1 Å². The van der Waals surface area contributed by atoms with Crippen molar-refractivity contribution in [3.05, 3.63) is 23.5 Å². The van der Waals surface area contributed by atoms with Crippen LogP contribution in [0.5, 0.6) is 0 Å². The molecule has 0 aliphatic heterocycles. The van der Waals surface area contributed by atoms with Crippen molar-refractivity contribution in [2.24, 2.45) is 0 Å². The third-order valence-electron chi connectivity index (χ3n) is 1.52. The van der Waals surface area contributed by atoms with Gasteiger partial charge in [0.2, 0.25) is 5.91 Å². The van der Waals surface area contributed by atoms with Crippen LogP contribution in [0.2, 0.25) is 5.15 Å². The number of amides is 1. The molecule has 1 rings (SSSR count). The van der Waals surface area contributed by atoms with Gasteiger partial charge >= 0.3 is 0 Å². The first-order valence-electron chi connectivity index (χ1n) is 4.28. The molecule has 0 aliphatic rings. The number of terminal acetylenes is 1. The van der Waals surface area contributed by atoms with E-state index in [9.17, 15) is 4.79 Å². The average Bonchev–Trinajstić information content (AvgIpc) is 2.18. The zero-order chi connectivity index (χ0) is 11.1. The molecule has 0 fully saturated rings. The van der Waals surface area contributed by atoms with E-state index in [4.69, 9.17) is 18.0 Å². The predicted octanol–water partition coefficient (Wildman–Crippen LogP) is 0.896. The van der Waals surface area contributed by atoms with Crippen molar-refractivity contribution in [1.29, 1.82) is 0 Å². The first kappa shape index (κ1) is 11.5. The second kappa shape index (κ2) is 6.02. The van der Waals surface area contributed by atoms with Crippen LogP contribution in [0.4, 0.5) is 5.69 Å². The Kier molecular flexibility index (Phi) is 4.61. The van der Waals surface area contributed by atoms with Gasteiger partial charge in [0.05, 0.1) is 13.1 Å². The number of nitrogens with one attached hydrogen (secondary N) is 2. The second-order valence-electron chi connectivity index (χ2n) is 2.72. The highest BCUT2D eigenvalue weighted by Gasteiger charge is 2.01. The van der Waals surface area contributed by atoms with Crippen molar-refractivity contribution in [2.75, 3.05) is 18.4 Å². The third-order valence-corrected chi connectivity index (χ3v) is 1.73. The number of nitrogens with zero attached hydrogens (tertiary/aromatic N) is 1. The van der Waals surface area contributed by atoms with Crippen molar-refractivity contribution in [3.63, 3.8) is 0 Å². The topological polar surface area (TPSA) is 54.0 Å². The Hall–Kier alpha value is -1.57. The lowest BCUT2D eigenvalue weighted by Gasteiger charge is -2.04. The van der Waals surface area contributed by atoms with E-state index in [0.29, 0.717) is 17.4 Å². The molecule has 1 heterocycles. The summed E-state index contributed by atoms with van der Waals surface area (Å²) in [5, 5.41) is 5.76. The van der Waals surface area contributed by atoms with Crippen molar-refractivity contribution in [2.45, 2.75) is 0 Å². The molecule has 0 unspecified atom stereocenters. The number of pyridine rings is 1. The molecule has 5 heteroatoms. The summed E-state index contributed by atoms with van der Waals surface area (Å²) in [5.74, 6) is 2.20. The zero-order valence-corrected chi connectivity index (χ0v) is 8.71. The molecule has 0 aliphatic carbocycles. The van der Waals surface area contributed by atoms with Gasteiger partial charge in [0.1, 0.15) is 5.15 Å². The van der Waals surface area contributed by atoms with Crippen LogP contribution in [0, 0.1) is 12.3 Å². The van der Waals surface area contributed by atoms with E-state index in [2.05, 4.69) is 21.5 Å². The van der Waals surface area contributed by atoms with Gasteiger partial charge in [0.25, 0.3) is 0 Å². The maximum absolute atomic E-state index is 11.3. The highest BCUT2D eigenvalue weighted by molar-refractivity contribution is 6.29. The van der Waals surface area contributed by atoms with Gasteiger partial charge in [0, 0.05) is 11.9 Å². The number of carbonyl (C=O) groups is 1. The van der Waals surface area contributed by atoms with E-state index < -0.39 is 0 Å². The number of hydrogen-bond donors (Lipinski definition) is 2. The van der Waals surface area contributed by atoms with Gasteiger partial charge in [-0.25, -0.2) is 4.98 Å². The van der Waals surface area contributed by atoms with Crippen molar-refractivity contribution in [1.82, 2.24) is 10.3 Å². The first-order valence-corrected chi connectivity index (χ1v) is 4.66. The van der Waals surface area contributed by atoms with E-state index in [1.54, 1.807) is 12.1 Å². The van der Waals surface area contributed by atoms with E-state index >= 15 is 0 Å². The summed E-state index contributed by atoms with van der Waals surface area (Å²) in [6.07, 6.45) is 6.54. The Morgan fingerprint density at radius 2 is 2.47 bits per heavy atom. The van der Waals surface area contributed by atoms with Gasteiger partial charge in [-0.15, -0.1) is 6.42 Å². The first-order chi connectivity index (χ1) is 7.22. The fourth-order valence-corrected chi connectivity index (χ4v) is 1.11. The van der Waals surface area contributed by atoms with Crippen molar-refractivity contribution in [3.8, 4) is 12.3 Å². The largest absolute Gasteiger partial charge is 0.325 e. The Balaban J connectivity index is 2.42. The Labute approximate surface area is 93.0 Å². The lowest BCUT2D eigenvalue weighted by atomic mass is 10.4. The van der Waals surface area contributed by atoms with E-state index in [-0.39, 0.29) is 12.5 Å². The minimum Gasteiger partial charge on any atom is -0.325 e. The highest BCUT2D eigenvalue weighted by atomic mass is 35.5. The predicted molar refractivity (Wildman–Crippen MR) is 59.6 cm³/mol. The summed E-state index contributed by atoms with van der Waals surface area (Å²) >= 11 is 5.65. The van der Waals surface area contributed by atoms with Crippen LogP contribution in [0.15, 0.2) is 18.3 Å². The standard InChI is InChI=1S/C10H10ClN3O/c1-2-4-12-7-10(15)14-8-3-5-13-9(11)6-8/h1,3,5-6,12H,4,7H2,(H,13,14,15). The molecule has 78 valence electrons. The molecule has 0 aromatic carbocycles. The molecule has 0 atom stereocenters. The molecule has 0 radical (unpaired) electrons. The van der Waals surface area contributed by atoms with Crippen LogP contribution in [-0.4, -0.2) is 24.0 Å². The summed E-state index contributed by atoms with van der Waals surface area (Å²) in [6, 6.07) is 3.23. The normalized spacial score (nSPS) is 9.33. The molecular formula is C10H10ClN3O. The fraction of sp³-hybridized carbons (Fsp3) is 0.200. The average molecular weight is 224 g/mol. The molecule has 2 N–H and O–H groups in total. The van der Waals surface area contributed by atoms with Crippen LogP contribution in [0.1, 0.15) is 0 Å². The van der Waals surface area contributed by atoms with Crippen LogP contribution in [0.3, 0.4) is 0 Å². The molecule has 0 bridgehead atoms. The van der Waals surface area contributed by atoms with Gasteiger partial charge in [-0.1, -0.05) is 17.5 Å². The second-order valence-corrected chi connectivity index (χ2v) is 3.11. The lowest BCUT2D eigenvalue weighted by molar-refractivity contribution is -0.115. The monoisotopic (exact) mass is 223 g/mol. The van der Waals surface area contributed by atoms with Gasteiger partial charge in [-0.2, -0.15) is 0 Å². The summed E-state index contributed by atoms with van der Waals surface area (Å²) in [5.41, 5.74) is 0.613. The number of anilines is 1.